The van der Waals surface area contributed by atoms with Crippen LogP contribution in [0.4, 0.5) is 5.69 Å². The zero-order valence-corrected chi connectivity index (χ0v) is 14.2. The Hall–Kier alpha value is -1.59. The summed E-state index contributed by atoms with van der Waals surface area (Å²) in [5.41, 5.74) is 2.57. The lowest BCUT2D eigenvalue weighted by atomic mass is 9.99. The van der Waals surface area contributed by atoms with Gasteiger partial charge in [-0.2, -0.15) is 0 Å². The first kappa shape index (κ1) is 15.3. The molecular formula is C17H14BrNO2S. The zero-order valence-electron chi connectivity index (χ0n) is 11.8. The first-order chi connectivity index (χ1) is 10.6. The van der Waals surface area contributed by atoms with Gasteiger partial charge in [0.15, 0.2) is 5.78 Å². The number of rotatable bonds is 4. The molecule has 1 aliphatic heterocycles. The molecular weight excluding hydrogens is 362 g/mol. The molecule has 2 aromatic carbocycles. The molecule has 1 amide bonds. The summed E-state index contributed by atoms with van der Waals surface area (Å²) in [7, 11) is 0. The highest BCUT2D eigenvalue weighted by atomic mass is 79.9. The van der Waals surface area contributed by atoms with Crippen LogP contribution in [0.15, 0.2) is 51.8 Å². The van der Waals surface area contributed by atoms with Crippen molar-refractivity contribution in [3.8, 4) is 0 Å². The highest BCUT2D eigenvalue weighted by Crippen LogP contribution is 2.26. The van der Waals surface area contributed by atoms with Crippen molar-refractivity contribution < 1.29 is 9.59 Å². The number of carbonyl (C=O) groups excluding carboxylic acids is 2. The van der Waals surface area contributed by atoms with E-state index in [2.05, 4.69) is 21.2 Å². The lowest BCUT2D eigenvalue weighted by Gasteiger charge is -2.17. The first-order valence-corrected chi connectivity index (χ1v) is 8.74. The third-order valence-corrected chi connectivity index (χ3v) is 4.98. The predicted molar refractivity (Wildman–Crippen MR) is 92.6 cm³/mol. The van der Waals surface area contributed by atoms with E-state index >= 15 is 0 Å². The lowest BCUT2D eigenvalue weighted by molar-refractivity contribution is -0.116. The van der Waals surface area contributed by atoms with Gasteiger partial charge in [0.05, 0.1) is 5.75 Å². The third-order valence-electron chi connectivity index (χ3n) is 3.49. The molecule has 0 spiro atoms. The summed E-state index contributed by atoms with van der Waals surface area (Å²) in [6.07, 6.45) is 1.18. The van der Waals surface area contributed by atoms with E-state index in [1.165, 1.54) is 11.8 Å². The van der Waals surface area contributed by atoms with Crippen LogP contribution in [-0.4, -0.2) is 17.4 Å². The van der Waals surface area contributed by atoms with Gasteiger partial charge in [-0.15, -0.1) is 11.8 Å². The van der Waals surface area contributed by atoms with Gasteiger partial charge in [-0.05, 0) is 48.4 Å². The van der Waals surface area contributed by atoms with Crippen LogP contribution in [0.5, 0.6) is 0 Å². The molecule has 0 saturated heterocycles. The van der Waals surface area contributed by atoms with Crippen LogP contribution in [-0.2, 0) is 11.2 Å². The second-order valence-corrected chi connectivity index (χ2v) is 7.05. The maximum absolute atomic E-state index is 12.3. The van der Waals surface area contributed by atoms with Gasteiger partial charge in [-0.3, -0.25) is 9.59 Å². The van der Waals surface area contributed by atoms with E-state index in [1.54, 1.807) is 6.07 Å². The number of halogens is 1. The predicted octanol–water partition coefficient (Wildman–Crippen LogP) is 4.31. The summed E-state index contributed by atoms with van der Waals surface area (Å²) in [5.74, 6) is 0.545. The van der Waals surface area contributed by atoms with E-state index in [-0.39, 0.29) is 11.7 Å². The van der Waals surface area contributed by atoms with Gasteiger partial charge in [0, 0.05) is 27.0 Å². The van der Waals surface area contributed by atoms with Gasteiger partial charge in [-0.1, -0.05) is 22.0 Å². The van der Waals surface area contributed by atoms with Crippen LogP contribution in [0.1, 0.15) is 22.3 Å². The summed E-state index contributed by atoms with van der Waals surface area (Å²) in [4.78, 5) is 24.7. The minimum atomic E-state index is 0.0387. The highest BCUT2D eigenvalue weighted by Gasteiger charge is 2.16. The fourth-order valence-corrected chi connectivity index (χ4v) is 3.75. The van der Waals surface area contributed by atoms with Gasteiger partial charge < -0.3 is 5.32 Å². The monoisotopic (exact) mass is 375 g/mol. The van der Waals surface area contributed by atoms with E-state index in [1.807, 2.05) is 36.4 Å². The van der Waals surface area contributed by atoms with E-state index in [0.717, 1.165) is 20.6 Å². The second kappa shape index (κ2) is 6.67. The topological polar surface area (TPSA) is 46.2 Å². The van der Waals surface area contributed by atoms with Gasteiger partial charge >= 0.3 is 0 Å². The molecule has 112 valence electrons. The average molecular weight is 376 g/mol. The summed E-state index contributed by atoms with van der Waals surface area (Å²) >= 11 is 4.95. The average Bonchev–Trinajstić information content (AvgIpc) is 2.52. The number of anilines is 1. The van der Waals surface area contributed by atoms with Crippen LogP contribution in [0.3, 0.4) is 0 Å². The molecule has 0 saturated carbocycles. The Morgan fingerprint density at radius 3 is 2.86 bits per heavy atom. The molecule has 3 rings (SSSR count). The molecule has 0 aliphatic carbocycles. The SMILES string of the molecule is O=C1CCc2cc(C(=O)CSc3cccc(Br)c3)ccc2N1. The van der Waals surface area contributed by atoms with E-state index in [0.29, 0.717) is 24.2 Å². The van der Waals surface area contributed by atoms with E-state index < -0.39 is 0 Å². The number of hydrogen-bond donors (Lipinski definition) is 1. The maximum atomic E-state index is 12.3. The zero-order chi connectivity index (χ0) is 15.5. The summed E-state index contributed by atoms with van der Waals surface area (Å²) in [6.45, 7) is 0. The molecule has 0 radical (unpaired) electrons. The quantitative estimate of drug-likeness (QED) is 0.639. The molecule has 1 N–H and O–H groups in total. The number of hydrogen-bond acceptors (Lipinski definition) is 3. The van der Waals surface area contributed by atoms with Crippen molar-refractivity contribution in [1.82, 2.24) is 0 Å². The number of benzene rings is 2. The molecule has 0 bridgehead atoms. The van der Waals surface area contributed by atoms with Crippen molar-refractivity contribution in [2.45, 2.75) is 17.7 Å². The molecule has 0 atom stereocenters. The van der Waals surface area contributed by atoms with Crippen molar-refractivity contribution in [1.29, 1.82) is 0 Å². The van der Waals surface area contributed by atoms with Crippen LogP contribution < -0.4 is 5.32 Å². The van der Waals surface area contributed by atoms with Crippen LogP contribution >= 0.6 is 27.7 Å². The number of thioether (sulfide) groups is 1. The molecule has 0 unspecified atom stereocenters. The summed E-state index contributed by atoms with van der Waals surface area (Å²) in [6, 6.07) is 13.4. The van der Waals surface area contributed by atoms with Crippen molar-refractivity contribution >= 4 is 45.1 Å². The van der Waals surface area contributed by atoms with Gasteiger partial charge in [-0.25, -0.2) is 0 Å². The van der Waals surface area contributed by atoms with Crippen molar-refractivity contribution in [2.75, 3.05) is 11.1 Å². The smallest absolute Gasteiger partial charge is 0.224 e. The van der Waals surface area contributed by atoms with Crippen LogP contribution in [0.2, 0.25) is 0 Å². The van der Waals surface area contributed by atoms with Crippen molar-refractivity contribution in [3.05, 3.63) is 58.1 Å². The Kier molecular flexibility index (Phi) is 4.64. The highest BCUT2D eigenvalue weighted by molar-refractivity contribution is 9.10. The molecule has 2 aromatic rings. The van der Waals surface area contributed by atoms with Crippen LogP contribution in [0, 0.1) is 0 Å². The Balaban J connectivity index is 1.69. The van der Waals surface area contributed by atoms with Crippen LogP contribution in [0.25, 0.3) is 0 Å². The second-order valence-electron chi connectivity index (χ2n) is 5.09. The molecule has 1 heterocycles. The molecule has 1 aliphatic rings. The fraction of sp³-hybridized carbons (Fsp3) is 0.176. The Bertz CT molecular complexity index is 745. The minimum Gasteiger partial charge on any atom is -0.326 e. The number of amides is 1. The van der Waals surface area contributed by atoms with E-state index in [9.17, 15) is 9.59 Å². The Morgan fingerprint density at radius 1 is 1.18 bits per heavy atom. The normalized spacial score (nSPS) is 13.4. The number of aryl methyl sites for hydroxylation is 1. The largest absolute Gasteiger partial charge is 0.326 e. The van der Waals surface area contributed by atoms with Crippen molar-refractivity contribution in [3.63, 3.8) is 0 Å². The Labute approximate surface area is 141 Å². The number of fused-ring (bicyclic) bond motifs is 1. The van der Waals surface area contributed by atoms with Gasteiger partial charge in [0.1, 0.15) is 0 Å². The fourth-order valence-electron chi connectivity index (χ4n) is 2.35. The molecule has 22 heavy (non-hydrogen) atoms. The molecule has 3 nitrogen and oxygen atoms in total. The number of ketones is 1. The lowest BCUT2D eigenvalue weighted by Crippen LogP contribution is -2.19. The van der Waals surface area contributed by atoms with E-state index in [4.69, 9.17) is 0 Å². The first-order valence-electron chi connectivity index (χ1n) is 6.96. The number of carbonyl (C=O) groups is 2. The van der Waals surface area contributed by atoms with Crippen molar-refractivity contribution in [2.24, 2.45) is 0 Å². The third kappa shape index (κ3) is 3.59. The number of Topliss-reactive ketones (excluding diaryl/α,β-unsaturated/α-hetero) is 1. The Morgan fingerprint density at radius 2 is 2.05 bits per heavy atom. The minimum absolute atomic E-state index is 0.0387. The maximum Gasteiger partial charge on any atom is 0.224 e. The van der Waals surface area contributed by atoms with Gasteiger partial charge in [0.2, 0.25) is 5.91 Å². The molecule has 0 aromatic heterocycles. The standard InChI is InChI=1S/C17H14BrNO2S/c18-13-2-1-3-14(9-13)22-10-16(20)12-4-6-15-11(8-12)5-7-17(21)19-15/h1-4,6,8-9H,5,7,10H2,(H,19,21). The molecule has 5 heteroatoms. The molecule has 0 fully saturated rings. The number of nitrogens with one attached hydrogen (secondary N) is 1. The van der Waals surface area contributed by atoms with Gasteiger partial charge in [0.25, 0.3) is 0 Å². The summed E-state index contributed by atoms with van der Waals surface area (Å²) in [5, 5.41) is 2.83. The summed E-state index contributed by atoms with van der Waals surface area (Å²) < 4.78 is 1.01.